The molecule has 0 bridgehead atoms. The quantitative estimate of drug-likeness (QED) is 0.484. The Morgan fingerprint density at radius 3 is 2.84 bits per heavy atom. The third kappa shape index (κ3) is 4.24. The Balaban J connectivity index is 1.40. The number of aldehydes is 1. The highest BCUT2D eigenvalue weighted by Crippen LogP contribution is 2.48. The van der Waals surface area contributed by atoms with Crippen LogP contribution in [0.3, 0.4) is 0 Å². The Morgan fingerprint density at radius 2 is 2.06 bits per heavy atom. The van der Waals surface area contributed by atoms with Crippen molar-refractivity contribution in [3.05, 3.63) is 53.6 Å². The van der Waals surface area contributed by atoms with Crippen LogP contribution in [0.2, 0.25) is 0 Å². The van der Waals surface area contributed by atoms with Gasteiger partial charge in [-0.05, 0) is 36.6 Å². The molecular formula is C25H30N4O2. The van der Waals surface area contributed by atoms with Crippen molar-refractivity contribution < 1.29 is 9.53 Å². The molecule has 0 aliphatic carbocycles. The van der Waals surface area contributed by atoms with E-state index < -0.39 is 0 Å². The highest BCUT2D eigenvalue weighted by atomic mass is 16.5. The van der Waals surface area contributed by atoms with Crippen LogP contribution in [0, 0.1) is 11.3 Å². The van der Waals surface area contributed by atoms with Crippen LogP contribution in [0.1, 0.15) is 29.9 Å². The molecule has 0 saturated carbocycles. The second-order valence-electron chi connectivity index (χ2n) is 8.50. The Kier molecular flexibility index (Phi) is 6.43. The number of para-hydroxylation sites is 2. The SMILES string of the molecule is CN(C)c1cccc2c1N(CC=O)C1CCN(CCCOc3ccccc3C#N)CC21. The summed E-state index contributed by atoms with van der Waals surface area (Å²) in [4.78, 5) is 18.4. The monoisotopic (exact) mass is 418 g/mol. The summed E-state index contributed by atoms with van der Waals surface area (Å²) in [5.74, 6) is 1.08. The van der Waals surface area contributed by atoms with Gasteiger partial charge in [-0.2, -0.15) is 5.26 Å². The molecule has 0 aromatic heterocycles. The van der Waals surface area contributed by atoms with E-state index in [9.17, 15) is 10.1 Å². The third-order valence-electron chi connectivity index (χ3n) is 6.43. The highest BCUT2D eigenvalue weighted by Gasteiger charge is 2.42. The zero-order chi connectivity index (χ0) is 21.8. The van der Waals surface area contributed by atoms with Crippen molar-refractivity contribution in [3.8, 4) is 11.8 Å². The molecule has 2 aliphatic rings. The molecule has 2 atom stereocenters. The number of nitrogens with zero attached hydrogens (tertiary/aromatic N) is 4. The topological polar surface area (TPSA) is 59.8 Å². The summed E-state index contributed by atoms with van der Waals surface area (Å²) in [7, 11) is 4.13. The second kappa shape index (κ2) is 9.40. The fraction of sp³-hybridized carbons (Fsp3) is 0.440. The zero-order valence-corrected chi connectivity index (χ0v) is 18.3. The number of carbonyl (C=O) groups excluding carboxylic acids is 1. The molecule has 0 radical (unpaired) electrons. The van der Waals surface area contributed by atoms with Gasteiger partial charge < -0.3 is 24.2 Å². The number of fused-ring (bicyclic) bond motifs is 3. The molecule has 31 heavy (non-hydrogen) atoms. The molecule has 0 amide bonds. The van der Waals surface area contributed by atoms with E-state index in [1.54, 1.807) is 6.07 Å². The summed E-state index contributed by atoms with van der Waals surface area (Å²) < 4.78 is 5.85. The lowest BCUT2D eigenvalue weighted by Crippen LogP contribution is -2.47. The van der Waals surface area contributed by atoms with E-state index in [0.717, 1.165) is 38.8 Å². The summed E-state index contributed by atoms with van der Waals surface area (Å²) in [5, 5.41) is 9.19. The molecule has 4 rings (SSSR count). The summed E-state index contributed by atoms with van der Waals surface area (Å²) in [5.41, 5.74) is 4.36. The van der Waals surface area contributed by atoms with E-state index >= 15 is 0 Å². The number of hydrogen-bond donors (Lipinski definition) is 0. The summed E-state index contributed by atoms with van der Waals surface area (Å²) >= 11 is 0. The molecule has 2 aromatic rings. The zero-order valence-electron chi connectivity index (χ0n) is 18.3. The van der Waals surface area contributed by atoms with Gasteiger partial charge in [0, 0.05) is 45.7 Å². The van der Waals surface area contributed by atoms with Gasteiger partial charge in [-0.25, -0.2) is 0 Å². The molecule has 2 unspecified atom stereocenters. The normalized spacial score (nSPS) is 20.0. The van der Waals surface area contributed by atoms with Gasteiger partial charge in [0.25, 0.3) is 0 Å². The minimum atomic E-state index is 0.385. The molecule has 162 valence electrons. The van der Waals surface area contributed by atoms with Crippen molar-refractivity contribution in [3.63, 3.8) is 0 Å². The van der Waals surface area contributed by atoms with Crippen molar-refractivity contribution in [2.24, 2.45) is 0 Å². The fourth-order valence-corrected chi connectivity index (χ4v) is 5.04. The Hall–Kier alpha value is -3.04. The predicted molar refractivity (Wildman–Crippen MR) is 123 cm³/mol. The number of nitriles is 1. The van der Waals surface area contributed by atoms with Crippen LogP contribution in [0.15, 0.2) is 42.5 Å². The standard InChI is InChI=1S/C25H30N4O2/c1-27(2)23-9-5-8-20-21-18-28(13-11-22(21)29(14-15-30)25(20)23)12-6-16-31-24-10-4-3-7-19(24)17-26/h3-5,7-10,15,21-22H,6,11-14,16,18H2,1-2H3. The largest absolute Gasteiger partial charge is 0.492 e. The van der Waals surface area contributed by atoms with Crippen LogP contribution >= 0.6 is 0 Å². The van der Waals surface area contributed by atoms with Crippen LogP contribution in [0.25, 0.3) is 0 Å². The molecule has 6 nitrogen and oxygen atoms in total. The first-order valence-corrected chi connectivity index (χ1v) is 11.0. The highest BCUT2D eigenvalue weighted by molar-refractivity contribution is 5.81. The van der Waals surface area contributed by atoms with Crippen LogP contribution in [-0.2, 0) is 4.79 Å². The van der Waals surface area contributed by atoms with Crippen LogP contribution in [-0.4, -0.2) is 64.1 Å². The van der Waals surface area contributed by atoms with Gasteiger partial charge in [0.15, 0.2) is 0 Å². The maximum absolute atomic E-state index is 11.4. The molecule has 2 heterocycles. The number of piperidine rings is 1. The average Bonchev–Trinajstić information content (AvgIpc) is 3.10. The van der Waals surface area contributed by atoms with Gasteiger partial charge in [-0.3, -0.25) is 0 Å². The van der Waals surface area contributed by atoms with E-state index in [2.05, 4.69) is 53.1 Å². The third-order valence-corrected chi connectivity index (χ3v) is 6.43. The van der Waals surface area contributed by atoms with E-state index in [1.807, 2.05) is 18.2 Å². The van der Waals surface area contributed by atoms with Gasteiger partial charge in [-0.1, -0.05) is 24.3 Å². The lowest BCUT2D eigenvalue weighted by molar-refractivity contribution is -0.106. The summed E-state index contributed by atoms with van der Waals surface area (Å²) in [6, 6.07) is 16.5. The number of rotatable bonds is 8. The van der Waals surface area contributed by atoms with Crippen molar-refractivity contribution >= 4 is 17.7 Å². The minimum Gasteiger partial charge on any atom is -0.492 e. The number of carbonyl (C=O) groups is 1. The molecule has 6 heteroatoms. The summed E-state index contributed by atoms with van der Waals surface area (Å²) in [6.45, 7) is 4.04. The first-order chi connectivity index (χ1) is 15.1. The van der Waals surface area contributed by atoms with Crippen molar-refractivity contribution in [1.29, 1.82) is 5.26 Å². The number of anilines is 2. The Bertz CT molecular complexity index is 968. The van der Waals surface area contributed by atoms with Crippen molar-refractivity contribution in [2.75, 3.05) is 56.7 Å². The first kappa shape index (κ1) is 21.2. The molecule has 2 aliphatic heterocycles. The van der Waals surface area contributed by atoms with Gasteiger partial charge in [0.05, 0.1) is 30.1 Å². The number of hydrogen-bond acceptors (Lipinski definition) is 6. The predicted octanol–water partition coefficient (Wildman–Crippen LogP) is 3.27. The number of benzene rings is 2. The minimum absolute atomic E-state index is 0.385. The average molecular weight is 419 g/mol. The lowest BCUT2D eigenvalue weighted by Gasteiger charge is -2.38. The Morgan fingerprint density at radius 1 is 1.23 bits per heavy atom. The van der Waals surface area contributed by atoms with Crippen molar-refractivity contribution in [1.82, 2.24) is 4.90 Å². The molecule has 0 N–H and O–H groups in total. The molecule has 0 spiro atoms. The fourth-order valence-electron chi connectivity index (χ4n) is 5.04. The Labute approximate surface area is 184 Å². The van der Waals surface area contributed by atoms with Gasteiger partial charge in [0.1, 0.15) is 18.1 Å². The summed E-state index contributed by atoms with van der Waals surface area (Å²) in [6.07, 6.45) is 3.00. The van der Waals surface area contributed by atoms with E-state index in [4.69, 9.17) is 4.74 Å². The number of ether oxygens (including phenoxy) is 1. The van der Waals surface area contributed by atoms with Crippen LogP contribution in [0.4, 0.5) is 11.4 Å². The van der Waals surface area contributed by atoms with E-state index in [-0.39, 0.29) is 0 Å². The smallest absolute Gasteiger partial charge is 0.139 e. The molecule has 1 fully saturated rings. The van der Waals surface area contributed by atoms with Gasteiger partial charge in [-0.15, -0.1) is 0 Å². The second-order valence-corrected chi connectivity index (χ2v) is 8.50. The molecule has 1 saturated heterocycles. The van der Waals surface area contributed by atoms with Gasteiger partial charge >= 0.3 is 0 Å². The lowest BCUT2D eigenvalue weighted by atomic mass is 9.89. The maximum Gasteiger partial charge on any atom is 0.139 e. The van der Waals surface area contributed by atoms with E-state index in [0.29, 0.717) is 36.4 Å². The van der Waals surface area contributed by atoms with Crippen molar-refractivity contribution in [2.45, 2.75) is 24.8 Å². The van der Waals surface area contributed by atoms with Gasteiger partial charge in [0.2, 0.25) is 0 Å². The van der Waals surface area contributed by atoms with Crippen LogP contribution in [0.5, 0.6) is 5.75 Å². The molecular weight excluding hydrogens is 388 g/mol. The first-order valence-electron chi connectivity index (χ1n) is 11.0. The molecule has 2 aromatic carbocycles. The van der Waals surface area contributed by atoms with Crippen LogP contribution < -0.4 is 14.5 Å². The maximum atomic E-state index is 11.4. The number of likely N-dealkylation sites (tertiary alicyclic amines) is 1. The van der Waals surface area contributed by atoms with E-state index in [1.165, 1.54) is 16.9 Å².